The molecule has 3 aromatic rings. The van der Waals surface area contributed by atoms with E-state index in [4.69, 9.17) is 5.26 Å². The van der Waals surface area contributed by atoms with Crippen molar-refractivity contribution in [2.75, 3.05) is 5.32 Å². The van der Waals surface area contributed by atoms with Gasteiger partial charge in [0.1, 0.15) is 0 Å². The number of rotatable bonds is 2. The van der Waals surface area contributed by atoms with Gasteiger partial charge in [-0.25, -0.2) is 9.97 Å². The van der Waals surface area contributed by atoms with Crippen molar-refractivity contribution in [1.29, 1.82) is 5.26 Å². The van der Waals surface area contributed by atoms with Crippen LogP contribution < -0.4 is 5.32 Å². The molecular formula is C17H12N4. The van der Waals surface area contributed by atoms with E-state index >= 15 is 0 Å². The van der Waals surface area contributed by atoms with Crippen LogP contribution in [-0.4, -0.2) is 9.97 Å². The van der Waals surface area contributed by atoms with Crippen molar-refractivity contribution >= 4 is 16.7 Å². The summed E-state index contributed by atoms with van der Waals surface area (Å²) in [5.74, 6) is 0.332. The molecule has 1 aromatic heterocycles. The van der Waals surface area contributed by atoms with Gasteiger partial charge in [0.15, 0.2) is 6.19 Å². The molecule has 100 valence electrons. The lowest BCUT2D eigenvalue weighted by Gasteiger charge is -2.09. The monoisotopic (exact) mass is 272 g/mol. The van der Waals surface area contributed by atoms with Crippen LogP contribution in [0.2, 0.25) is 0 Å². The first-order chi connectivity index (χ1) is 10.4. The maximum absolute atomic E-state index is 8.69. The Hall–Kier alpha value is -2.93. The molecule has 0 unspecified atom stereocenters. The summed E-state index contributed by atoms with van der Waals surface area (Å²) >= 11 is 0. The van der Waals surface area contributed by atoms with E-state index < -0.39 is 0 Å². The Morgan fingerprint density at radius 1 is 1.05 bits per heavy atom. The molecule has 0 bridgehead atoms. The number of aryl methyl sites for hydroxylation is 2. The summed E-state index contributed by atoms with van der Waals surface area (Å²) in [5, 5.41) is 13.8. The van der Waals surface area contributed by atoms with Gasteiger partial charge in [-0.15, -0.1) is 0 Å². The highest BCUT2D eigenvalue weighted by Gasteiger charge is 2.16. The zero-order chi connectivity index (χ0) is 14.2. The highest BCUT2D eigenvalue weighted by atomic mass is 15.1. The molecule has 21 heavy (non-hydrogen) atoms. The van der Waals surface area contributed by atoms with Gasteiger partial charge in [-0.3, -0.25) is 5.32 Å². The summed E-state index contributed by atoms with van der Waals surface area (Å²) in [6.45, 7) is 0. The molecule has 1 heterocycles. The minimum atomic E-state index is 0.332. The quantitative estimate of drug-likeness (QED) is 0.574. The van der Waals surface area contributed by atoms with E-state index in [-0.39, 0.29) is 0 Å². The van der Waals surface area contributed by atoms with Crippen LogP contribution >= 0.6 is 0 Å². The predicted molar refractivity (Wildman–Crippen MR) is 81.6 cm³/mol. The van der Waals surface area contributed by atoms with Crippen LogP contribution in [0.1, 0.15) is 11.1 Å². The minimum Gasteiger partial charge on any atom is -0.261 e. The van der Waals surface area contributed by atoms with E-state index in [1.807, 2.05) is 12.3 Å². The van der Waals surface area contributed by atoms with Crippen molar-refractivity contribution in [3.63, 3.8) is 0 Å². The molecule has 4 rings (SSSR count). The third-order valence-electron chi connectivity index (χ3n) is 3.98. The van der Waals surface area contributed by atoms with E-state index in [1.54, 1.807) is 6.20 Å². The molecule has 1 aliphatic carbocycles. The Kier molecular flexibility index (Phi) is 2.58. The second-order valence-electron chi connectivity index (χ2n) is 5.11. The molecule has 1 aliphatic rings. The van der Waals surface area contributed by atoms with Crippen molar-refractivity contribution in [2.24, 2.45) is 0 Å². The second kappa shape index (κ2) is 4.57. The van der Waals surface area contributed by atoms with Crippen LogP contribution in [-0.2, 0) is 12.8 Å². The van der Waals surface area contributed by atoms with Crippen LogP contribution in [0.5, 0.6) is 0 Å². The first-order valence-corrected chi connectivity index (χ1v) is 6.89. The number of nitriles is 1. The van der Waals surface area contributed by atoms with Crippen LogP contribution in [0.25, 0.3) is 22.0 Å². The van der Waals surface area contributed by atoms with E-state index in [2.05, 4.69) is 45.6 Å². The van der Waals surface area contributed by atoms with Crippen molar-refractivity contribution < 1.29 is 0 Å². The van der Waals surface area contributed by atoms with Gasteiger partial charge in [0.05, 0.1) is 5.69 Å². The van der Waals surface area contributed by atoms with Crippen LogP contribution in [0.3, 0.4) is 0 Å². The van der Waals surface area contributed by atoms with Crippen LogP contribution in [0, 0.1) is 11.5 Å². The lowest BCUT2D eigenvalue weighted by molar-refractivity contribution is 1.02. The second-order valence-corrected chi connectivity index (χ2v) is 5.11. The number of aromatic nitrogens is 2. The molecule has 0 radical (unpaired) electrons. The van der Waals surface area contributed by atoms with Gasteiger partial charge in [0.25, 0.3) is 0 Å². The molecule has 0 spiro atoms. The molecule has 0 atom stereocenters. The molecule has 0 amide bonds. The highest BCUT2D eigenvalue weighted by molar-refractivity contribution is 6.00. The molecule has 4 heteroatoms. The number of benzene rings is 2. The summed E-state index contributed by atoms with van der Waals surface area (Å²) in [7, 11) is 0. The molecule has 0 saturated carbocycles. The summed E-state index contributed by atoms with van der Waals surface area (Å²) in [6, 6.07) is 12.6. The van der Waals surface area contributed by atoms with Gasteiger partial charge in [0.2, 0.25) is 5.95 Å². The summed E-state index contributed by atoms with van der Waals surface area (Å²) in [5.41, 5.74) is 4.74. The maximum Gasteiger partial charge on any atom is 0.236 e. The van der Waals surface area contributed by atoms with Gasteiger partial charge in [-0.2, -0.15) is 5.26 Å². The lowest BCUT2D eigenvalue weighted by atomic mass is 9.98. The molecule has 0 fully saturated rings. The standard InChI is InChI=1S/C17H12N4/c18-10-20-17-19-9-8-15(21-17)13-7-6-12-5-4-11-2-1-3-14(13)16(11)12/h1-3,6-9H,4-5H2,(H,19,20,21). The van der Waals surface area contributed by atoms with Crippen molar-refractivity contribution in [1.82, 2.24) is 9.97 Å². The van der Waals surface area contributed by atoms with E-state index in [9.17, 15) is 0 Å². The fourth-order valence-corrected chi connectivity index (χ4v) is 3.09. The average Bonchev–Trinajstić information content (AvgIpc) is 2.94. The maximum atomic E-state index is 8.69. The number of nitrogens with one attached hydrogen (secondary N) is 1. The van der Waals surface area contributed by atoms with E-state index in [1.165, 1.54) is 21.9 Å². The van der Waals surface area contributed by atoms with Crippen LogP contribution in [0.4, 0.5) is 5.95 Å². The Balaban J connectivity index is 1.96. The largest absolute Gasteiger partial charge is 0.261 e. The Morgan fingerprint density at radius 2 is 1.90 bits per heavy atom. The zero-order valence-electron chi connectivity index (χ0n) is 11.3. The van der Waals surface area contributed by atoms with Crippen molar-refractivity contribution in [3.8, 4) is 17.5 Å². The SMILES string of the molecule is N#CNc1nccc(-c2ccc3c4c(cccc24)CC3)n1. The number of nitrogens with zero attached hydrogens (tertiary/aromatic N) is 3. The fourth-order valence-electron chi connectivity index (χ4n) is 3.09. The van der Waals surface area contributed by atoms with E-state index in [0.717, 1.165) is 24.1 Å². The lowest BCUT2D eigenvalue weighted by Crippen LogP contribution is -1.96. The van der Waals surface area contributed by atoms with Gasteiger partial charge < -0.3 is 0 Å². The molecule has 0 saturated heterocycles. The number of hydrogen-bond acceptors (Lipinski definition) is 4. The predicted octanol–water partition coefficient (Wildman–Crippen LogP) is 3.29. The summed E-state index contributed by atoms with van der Waals surface area (Å²) in [6.07, 6.45) is 5.75. The topological polar surface area (TPSA) is 61.6 Å². The summed E-state index contributed by atoms with van der Waals surface area (Å²) in [4.78, 5) is 8.46. The Labute approximate surface area is 122 Å². The first kappa shape index (κ1) is 11.9. The minimum absolute atomic E-state index is 0.332. The van der Waals surface area contributed by atoms with Crippen molar-refractivity contribution in [2.45, 2.75) is 12.8 Å². The highest BCUT2D eigenvalue weighted by Crippen LogP contribution is 2.36. The average molecular weight is 272 g/mol. The third-order valence-corrected chi connectivity index (χ3v) is 3.98. The molecular weight excluding hydrogens is 260 g/mol. The van der Waals surface area contributed by atoms with Gasteiger partial charge in [-0.1, -0.05) is 30.3 Å². The molecule has 4 nitrogen and oxygen atoms in total. The van der Waals surface area contributed by atoms with E-state index in [0.29, 0.717) is 5.95 Å². The number of anilines is 1. The Bertz CT molecular complexity index is 883. The number of hydrogen-bond donors (Lipinski definition) is 1. The normalized spacial score (nSPS) is 12.3. The Morgan fingerprint density at radius 3 is 2.76 bits per heavy atom. The third kappa shape index (κ3) is 1.83. The first-order valence-electron chi connectivity index (χ1n) is 6.89. The molecule has 1 N–H and O–H groups in total. The van der Waals surface area contributed by atoms with Gasteiger partial charge >= 0.3 is 0 Å². The van der Waals surface area contributed by atoms with Crippen LogP contribution in [0.15, 0.2) is 42.6 Å². The van der Waals surface area contributed by atoms with Gasteiger partial charge in [-0.05, 0) is 40.8 Å². The smallest absolute Gasteiger partial charge is 0.236 e. The summed E-state index contributed by atoms with van der Waals surface area (Å²) < 4.78 is 0. The fraction of sp³-hybridized carbons (Fsp3) is 0.118. The molecule has 2 aromatic carbocycles. The van der Waals surface area contributed by atoms with Gasteiger partial charge in [0, 0.05) is 11.8 Å². The molecule has 0 aliphatic heterocycles. The van der Waals surface area contributed by atoms with Crippen molar-refractivity contribution in [3.05, 3.63) is 53.7 Å². The zero-order valence-corrected chi connectivity index (χ0v) is 11.3.